The Labute approximate surface area is 213 Å². The van der Waals surface area contributed by atoms with Gasteiger partial charge in [0.1, 0.15) is 12.4 Å². The minimum atomic E-state index is -0.868. The summed E-state index contributed by atoms with van der Waals surface area (Å²) < 4.78 is 6.00. The van der Waals surface area contributed by atoms with Crippen LogP contribution in [0.15, 0.2) is 46.3 Å². The molecule has 1 aliphatic heterocycles. The number of hydrogen-bond donors (Lipinski definition) is 1. The van der Waals surface area contributed by atoms with Crippen molar-refractivity contribution in [3.8, 4) is 5.75 Å². The molecule has 0 saturated heterocycles. The van der Waals surface area contributed by atoms with Gasteiger partial charge >= 0.3 is 5.97 Å². The zero-order valence-electron chi connectivity index (χ0n) is 21.1. The van der Waals surface area contributed by atoms with E-state index in [4.69, 9.17) is 10.5 Å². The van der Waals surface area contributed by atoms with E-state index in [0.29, 0.717) is 21.8 Å². The number of rotatable bonds is 6. The quantitative estimate of drug-likeness (QED) is 0.185. The fourth-order valence-corrected chi connectivity index (χ4v) is 4.23. The second-order valence-electron chi connectivity index (χ2n) is 10.4. The maximum atomic E-state index is 13.1. The summed E-state index contributed by atoms with van der Waals surface area (Å²) in [5.41, 5.74) is 8.14. The fourth-order valence-electron chi connectivity index (χ4n) is 3.55. The smallest absolute Gasteiger partial charge is 0.343 e. The number of carbonyl (C=O) groups excluding carboxylic acids is 2. The van der Waals surface area contributed by atoms with Gasteiger partial charge in [0.25, 0.3) is 11.0 Å². The Hall–Kier alpha value is -3.66. The van der Waals surface area contributed by atoms with E-state index >= 15 is 0 Å². The van der Waals surface area contributed by atoms with Crippen molar-refractivity contribution in [2.45, 2.75) is 59.0 Å². The van der Waals surface area contributed by atoms with Crippen molar-refractivity contribution in [3.63, 3.8) is 0 Å². The predicted molar refractivity (Wildman–Crippen MR) is 139 cm³/mol. The van der Waals surface area contributed by atoms with Crippen LogP contribution in [-0.4, -0.2) is 22.1 Å². The van der Waals surface area contributed by atoms with Gasteiger partial charge in [-0.15, -0.1) is 10.1 Å². The van der Waals surface area contributed by atoms with Crippen LogP contribution in [-0.2, 0) is 27.1 Å². The van der Waals surface area contributed by atoms with Crippen LogP contribution in [0.4, 0.5) is 0 Å². The Morgan fingerprint density at radius 1 is 1.08 bits per heavy atom. The molecule has 3 rings (SSSR count). The number of carbonyl (C=O) groups is 2. The molecular weight excluding hydrogens is 482 g/mol. The van der Waals surface area contributed by atoms with Crippen molar-refractivity contribution >= 4 is 34.9 Å². The number of amidine groups is 1. The van der Waals surface area contributed by atoms with E-state index in [1.807, 2.05) is 53.7 Å². The SMILES string of the molecule is CC(C)(C)c1cc(/C=C2\SC(N)=NC2=O)cc(C(C)(C)C)c1OC(=O)c1ccc(CO[N+](=O)[O-])cc1. The summed E-state index contributed by atoms with van der Waals surface area (Å²) in [6.45, 7) is 11.9. The second-order valence-corrected chi connectivity index (χ2v) is 11.5. The summed E-state index contributed by atoms with van der Waals surface area (Å²) in [7, 11) is 0. The fraction of sp³-hybridized carbons (Fsp3) is 0.346. The molecule has 0 unspecified atom stereocenters. The normalized spacial score (nSPS) is 15.1. The molecule has 0 saturated carbocycles. The number of esters is 1. The van der Waals surface area contributed by atoms with E-state index in [-0.39, 0.29) is 17.7 Å². The Bertz CT molecular complexity index is 1230. The summed E-state index contributed by atoms with van der Waals surface area (Å²) in [5, 5.41) is 9.74. The molecule has 36 heavy (non-hydrogen) atoms. The van der Waals surface area contributed by atoms with Gasteiger partial charge in [-0.25, -0.2) is 4.79 Å². The molecule has 2 aromatic rings. The van der Waals surface area contributed by atoms with Crippen LogP contribution in [0.3, 0.4) is 0 Å². The van der Waals surface area contributed by atoms with E-state index in [9.17, 15) is 19.7 Å². The lowest BCUT2D eigenvalue weighted by Gasteiger charge is -2.30. The number of thioether (sulfide) groups is 1. The molecule has 9 nitrogen and oxygen atoms in total. The molecule has 1 amide bonds. The van der Waals surface area contributed by atoms with Crippen molar-refractivity contribution < 1.29 is 24.3 Å². The highest BCUT2D eigenvalue weighted by Crippen LogP contribution is 2.42. The van der Waals surface area contributed by atoms with Gasteiger partial charge in [0.05, 0.1) is 10.5 Å². The number of nitrogens with zero attached hydrogens (tertiary/aromatic N) is 2. The summed E-state index contributed by atoms with van der Waals surface area (Å²) in [6.07, 6.45) is 1.75. The highest BCUT2D eigenvalue weighted by Gasteiger charge is 2.30. The van der Waals surface area contributed by atoms with Gasteiger partial charge in [-0.3, -0.25) is 4.79 Å². The van der Waals surface area contributed by atoms with Crippen molar-refractivity contribution in [3.05, 3.63) is 79.2 Å². The zero-order chi connectivity index (χ0) is 26.8. The van der Waals surface area contributed by atoms with E-state index in [1.54, 1.807) is 30.3 Å². The molecule has 1 aliphatic rings. The van der Waals surface area contributed by atoms with Gasteiger partial charge in [0.15, 0.2) is 5.17 Å². The highest BCUT2D eigenvalue weighted by molar-refractivity contribution is 8.18. The average Bonchev–Trinajstić information content (AvgIpc) is 3.08. The molecule has 1 heterocycles. The lowest BCUT2D eigenvalue weighted by molar-refractivity contribution is -0.763. The van der Waals surface area contributed by atoms with Crippen LogP contribution in [0.25, 0.3) is 6.08 Å². The largest absolute Gasteiger partial charge is 0.422 e. The molecule has 0 bridgehead atoms. The third-order valence-corrected chi connectivity index (χ3v) is 6.20. The van der Waals surface area contributed by atoms with Crippen LogP contribution >= 0.6 is 11.8 Å². The van der Waals surface area contributed by atoms with Crippen molar-refractivity contribution in [1.29, 1.82) is 0 Å². The zero-order valence-corrected chi connectivity index (χ0v) is 21.9. The number of nitrogens with two attached hydrogens (primary N) is 1. The Kier molecular flexibility index (Phi) is 7.59. The molecule has 10 heteroatoms. The molecule has 0 atom stereocenters. The number of benzene rings is 2. The van der Waals surface area contributed by atoms with Gasteiger partial charge in [-0.2, -0.15) is 4.99 Å². The van der Waals surface area contributed by atoms with Crippen molar-refractivity contribution in [1.82, 2.24) is 0 Å². The lowest BCUT2D eigenvalue weighted by atomic mass is 9.78. The topological polar surface area (TPSA) is 134 Å². The number of aliphatic imine (C=N–C) groups is 1. The first-order chi connectivity index (χ1) is 16.6. The molecule has 190 valence electrons. The van der Waals surface area contributed by atoms with Crippen LogP contribution in [0, 0.1) is 10.1 Å². The highest BCUT2D eigenvalue weighted by atomic mass is 32.2. The Morgan fingerprint density at radius 2 is 1.64 bits per heavy atom. The number of ether oxygens (including phenoxy) is 1. The standard InChI is InChI=1S/C26H29N3O6S/c1-25(2,3)18-11-16(13-20-22(30)28-24(27)36-20)12-19(26(4,5)6)21(18)35-23(31)17-9-7-15(8-10-17)14-34-29(32)33/h7-13H,14H2,1-6H3,(H2,27,28,30)/b20-13-. The van der Waals surface area contributed by atoms with E-state index in [0.717, 1.165) is 28.5 Å². The molecular formula is C26H29N3O6S. The third-order valence-electron chi connectivity index (χ3n) is 5.38. The van der Waals surface area contributed by atoms with Crippen LogP contribution < -0.4 is 10.5 Å². The minimum Gasteiger partial charge on any atom is -0.422 e. The molecule has 0 radical (unpaired) electrons. The minimum absolute atomic E-state index is 0.208. The van der Waals surface area contributed by atoms with Gasteiger partial charge in [0.2, 0.25) is 0 Å². The third kappa shape index (κ3) is 6.51. The number of hydrogen-bond acceptors (Lipinski definition) is 8. The maximum absolute atomic E-state index is 13.1. The Balaban J connectivity index is 2.03. The number of amides is 1. The summed E-state index contributed by atoms with van der Waals surface area (Å²) in [5.74, 6) is -0.472. The second kappa shape index (κ2) is 10.1. The molecule has 2 N–H and O–H groups in total. The van der Waals surface area contributed by atoms with Gasteiger partial charge in [-0.05, 0) is 64.1 Å². The van der Waals surface area contributed by atoms with Crippen molar-refractivity contribution in [2.75, 3.05) is 0 Å². The van der Waals surface area contributed by atoms with E-state index in [2.05, 4.69) is 9.83 Å². The van der Waals surface area contributed by atoms with Gasteiger partial charge < -0.3 is 15.3 Å². The molecule has 0 fully saturated rings. The molecule has 2 aromatic carbocycles. The van der Waals surface area contributed by atoms with Crippen molar-refractivity contribution in [2.24, 2.45) is 10.7 Å². The molecule has 0 aromatic heterocycles. The first-order valence-corrected chi connectivity index (χ1v) is 12.0. The van der Waals surface area contributed by atoms with Crippen LogP contribution in [0.1, 0.15) is 74.2 Å². The van der Waals surface area contributed by atoms with Gasteiger partial charge in [0, 0.05) is 11.1 Å². The lowest BCUT2D eigenvalue weighted by Crippen LogP contribution is -2.22. The first-order valence-electron chi connectivity index (χ1n) is 11.2. The van der Waals surface area contributed by atoms with Gasteiger partial charge in [-0.1, -0.05) is 53.7 Å². The molecule has 0 aliphatic carbocycles. The Morgan fingerprint density at radius 3 is 2.08 bits per heavy atom. The van der Waals surface area contributed by atoms with E-state index in [1.165, 1.54) is 0 Å². The summed E-state index contributed by atoms with van der Waals surface area (Å²) in [6, 6.07) is 10.1. The van der Waals surface area contributed by atoms with E-state index < -0.39 is 21.9 Å². The monoisotopic (exact) mass is 511 g/mol. The average molecular weight is 512 g/mol. The summed E-state index contributed by atoms with van der Waals surface area (Å²) in [4.78, 5) is 44.3. The maximum Gasteiger partial charge on any atom is 0.343 e. The molecule has 0 spiro atoms. The van der Waals surface area contributed by atoms with Crippen LogP contribution in [0.5, 0.6) is 5.75 Å². The van der Waals surface area contributed by atoms with Crippen LogP contribution in [0.2, 0.25) is 0 Å². The summed E-state index contributed by atoms with van der Waals surface area (Å²) >= 11 is 1.12. The first kappa shape index (κ1) is 26.9. The predicted octanol–water partition coefficient (Wildman–Crippen LogP) is 5.14.